The van der Waals surface area contributed by atoms with Crippen LogP contribution >= 0.6 is 0 Å². The highest BCUT2D eigenvalue weighted by Gasteiger charge is 2.13. The molecule has 0 spiro atoms. The maximum atomic E-state index is 5.97. The molecule has 0 unspecified atom stereocenters. The van der Waals surface area contributed by atoms with Gasteiger partial charge in [-0.25, -0.2) is 4.98 Å². The van der Waals surface area contributed by atoms with Gasteiger partial charge in [0.2, 0.25) is 5.89 Å². The molecule has 0 aliphatic rings. The van der Waals surface area contributed by atoms with Crippen LogP contribution in [0.3, 0.4) is 0 Å². The summed E-state index contributed by atoms with van der Waals surface area (Å²) in [4.78, 5) is 9.04. The third-order valence-corrected chi connectivity index (χ3v) is 5.58. The topological polar surface area (TPSA) is 62.3 Å². The number of hydrogen-bond acceptors (Lipinski definition) is 5. The summed E-state index contributed by atoms with van der Waals surface area (Å²) in [5.41, 5.74) is 4.77. The predicted molar refractivity (Wildman–Crippen MR) is 131 cm³/mol. The van der Waals surface area contributed by atoms with E-state index < -0.39 is 0 Å². The molecule has 34 heavy (non-hydrogen) atoms. The van der Waals surface area contributed by atoms with Gasteiger partial charge in [0.25, 0.3) is 0 Å². The van der Waals surface area contributed by atoms with Crippen molar-refractivity contribution in [3.05, 3.63) is 108 Å². The number of nitrogens with zero attached hydrogens (tertiary/aromatic N) is 3. The second kappa shape index (κ2) is 9.67. The van der Waals surface area contributed by atoms with Crippen molar-refractivity contribution in [2.45, 2.75) is 20.1 Å². The van der Waals surface area contributed by atoms with E-state index in [-0.39, 0.29) is 0 Å². The summed E-state index contributed by atoms with van der Waals surface area (Å²) < 4.78 is 19.4. The van der Waals surface area contributed by atoms with Crippen LogP contribution in [0.1, 0.15) is 17.0 Å². The molecule has 5 rings (SSSR count). The number of ether oxygens (including phenoxy) is 2. The van der Waals surface area contributed by atoms with Gasteiger partial charge in [-0.15, -0.1) is 0 Å². The number of hydrogen-bond donors (Lipinski definition) is 0. The fourth-order valence-corrected chi connectivity index (χ4v) is 3.78. The van der Waals surface area contributed by atoms with E-state index >= 15 is 0 Å². The van der Waals surface area contributed by atoms with Gasteiger partial charge >= 0.3 is 0 Å². The summed E-state index contributed by atoms with van der Waals surface area (Å²) in [7, 11) is 1.68. The average Bonchev–Trinajstić information content (AvgIpc) is 3.47. The van der Waals surface area contributed by atoms with Gasteiger partial charge in [0.1, 0.15) is 29.6 Å². The molecule has 5 aromatic rings. The van der Waals surface area contributed by atoms with Crippen molar-refractivity contribution in [3.63, 3.8) is 0 Å². The van der Waals surface area contributed by atoms with Crippen LogP contribution in [-0.4, -0.2) is 21.6 Å². The lowest BCUT2D eigenvalue weighted by molar-refractivity contribution is 0.299. The Morgan fingerprint density at radius 2 is 1.71 bits per heavy atom. The van der Waals surface area contributed by atoms with Crippen molar-refractivity contribution >= 4 is 0 Å². The van der Waals surface area contributed by atoms with Gasteiger partial charge in [0.05, 0.1) is 18.4 Å². The molecular formula is C28H25N3O3. The molecule has 0 amide bonds. The molecule has 0 aliphatic heterocycles. The van der Waals surface area contributed by atoms with E-state index in [1.807, 2.05) is 73.8 Å². The molecule has 0 fully saturated rings. The molecule has 3 heterocycles. The Balaban J connectivity index is 1.24. The van der Waals surface area contributed by atoms with Gasteiger partial charge in [-0.2, -0.15) is 0 Å². The second-order valence-electron chi connectivity index (χ2n) is 7.95. The van der Waals surface area contributed by atoms with Crippen LogP contribution < -0.4 is 9.47 Å². The normalized spacial score (nSPS) is 10.9. The summed E-state index contributed by atoms with van der Waals surface area (Å²) in [6.45, 7) is 2.97. The smallest absolute Gasteiger partial charge is 0.226 e. The zero-order valence-corrected chi connectivity index (χ0v) is 19.1. The minimum absolute atomic E-state index is 0.351. The van der Waals surface area contributed by atoms with E-state index in [0.29, 0.717) is 19.0 Å². The molecule has 0 aliphatic carbocycles. The predicted octanol–water partition coefficient (Wildman–Crippen LogP) is 6.15. The number of oxazole rings is 1. The van der Waals surface area contributed by atoms with Gasteiger partial charge in [-0.05, 0) is 48.9 Å². The summed E-state index contributed by atoms with van der Waals surface area (Å²) in [6.07, 6.45) is 5.84. The van der Waals surface area contributed by atoms with Crippen LogP contribution in [-0.2, 0) is 13.2 Å². The van der Waals surface area contributed by atoms with Gasteiger partial charge in [0, 0.05) is 30.7 Å². The molecule has 0 N–H and O–H groups in total. The largest absolute Gasteiger partial charge is 0.494 e. The maximum Gasteiger partial charge on any atom is 0.226 e. The third kappa shape index (κ3) is 4.71. The van der Waals surface area contributed by atoms with Gasteiger partial charge in [0.15, 0.2) is 0 Å². The quantitative estimate of drug-likeness (QED) is 0.283. The van der Waals surface area contributed by atoms with Crippen LogP contribution in [0, 0.1) is 6.92 Å². The lowest BCUT2D eigenvalue weighted by atomic mass is 10.2. The lowest BCUT2D eigenvalue weighted by Gasteiger charge is -2.07. The van der Waals surface area contributed by atoms with E-state index in [4.69, 9.17) is 13.9 Å². The fourth-order valence-electron chi connectivity index (χ4n) is 3.78. The Bertz CT molecular complexity index is 1360. The minimum atomic E-state index is 0.351. The van der Waals surface area contributed by atoms with Gasteiger partial charge < -0.3 is 18.5 Å². The van der Waals surface area contributed by atoms with Crippen LogP contribution in [0.15, 0.2) is 95.8 Å². The Morgan fingerprint density at radius 3 is 2.44 bits per heavy atom. The van der Waals surface area contributed by atoms with E-state index in [2.05, 4.69) is 32.9 Å². The molecule has 2 aromatic carbocycles. The number of aromatic nitrogens is 3. The molecule has 6 nitrogen and oxygen atoms in total. The monoisotopic (exact) mass is 451 g/mol. The summed E-state index contributed by atoms with van der Waals surface area (Å²) >= 11 is 0. The first-order chi connectivity index (χ1) is 16.7. The lowest BCUT2D eigenvalue weighted by Crippen LogP contribution is -1.99. The van der Waals surface area contributed by atoms with Crippen LogP contribution in [0.4, 0.5) is 0 Å². The van der Waals surface area contributed by atoms with Crippen molar-refractivity contribution in [1.29, 1.82) is 0 Å². The second-order valence-corrected chi connectivity index (χ2v) is 7.95. The summed E-state index contributed by atoms with van der Waals surface area (Å²) in [6, 6.07) is 23.8. The van der Waals surface area contributed by atoms with E-state index in [1.54, 1.807) is 13.3 Å². The molecular weight excluding hydrogens is 426 g/mol. The molecule has 0 atom stereocenters. The van der Waals surface area contributed by atoms with Crippen molar-refractivity contribution in [1.82, 2.24) is 14.5 Å². The molecule has 0 bridgehead atoms. The standard InChI is InChI=1S/C28H25N3O3/c1-20-26(30-28(34-20)22-8-4-3-5-9-22)19-33-23-13-11-21(12-14-23)16-31-17-24(27(18-31)32-2)25-10-6-7-15-29-25/h3-15,17-18H,16,19H2,1-2H3. The van der Waals surface area contributed by atoms with E-state index in [0.717, 1.165) is 45.3 Å². The minimum Gasteiger partial charge on any atom is -0.494 e. The highest BCUT2D eigenvalue weighted by Crippen LogP contribution is 2.30. The average molecular weight is 452 g/mol. The molecule has 0 saturated heterocycles. The van der Waals surface area contributed by atoms with Crippen molar-refractivity contribution < 1.29 is 13.9 Å². The van der Waals surface area contributed by atoms with Crippen LogP contribution in [0.2, 0.25) is 0 Å². The maximum absolute atomic E-state index is 5.97. The van der Waals surface area contributed by atoms with Gasteiger partial charge in [-0.3, -0.25) is 4.98 Å². The first-order valence-corrected chi connectivity index (χ1v) is 11.1. The van der Waals surface area contributed by atoms with Crippen molar-refractivity contribution in [2.75, 3.05) is 7.11 Å². The molecule has 3 aromatic heterocycles. The van der Waals surface area contributed by atoms with Crippen LogP contribution in [0.25, 0.3) is 22.7 Å². The molecule has 0 radical (unpaired) electrons. The van der Waals surface area contributed by atoms with Crippen LogP contribution in [0.5, 0.6) is 11.5 Å². The Kier molecular flexibility index (Phi) is 6.12. The van der Waals surface area contributed by atoms with E-state index in [1.165, 1.54) is 0 Å². The molecule has 6 heteroatoms. The summed E-state index contributed by atoms with van der Waals surface area (Å²) in [5, 5.41) is 0. The fraction of sp³-hybridized carbons (Fsp3) is 0.143. The highest BCUT2D eigenvalue weighted by atomic mass is 16.5. The Morgan fingerprint density at radius 1 is 0.912 bits per heavy atom. The Labute approximate surface area is 198 Å². The Hall–Kier alpha value is -4.32. The number of aryl methyl sites for hydroxylation is 1. The van der Waals surface area contributed by atoms with Crippen molar-refractivity contribution in [2.24, 2.45) is 0 Å². The SMILES string of the molecule is COc1cn(Cc2ccc(OCc3nc(-c4ccccc4)oc3C)cc2)cc1-c1ccccn1. The first kappa shape index (κ1) is 21.5. The number of pyridine rings is 1. The number of benzene rings is 2. The number of rotatable bonds is 8. The third-order valence-electron chi connectivity index (χ3n) is 5.58. The zero-order chi connectivity index (χ0) is 23.3. The molecule has 170 valence electrons. The zero-order valence-electron chi connectivity index (χ0n) is 19.1. The van der Waals surface area contributed by atoms with E-state index in [9.17, 15) is 0 Å². The molecule has 0 saturated carbocycles. The van der Waals surface area contributed by atoms with Crippen molar-refractivity contribution in [3.8, 4) is 34.2 Å². The van der Waals surface area contributed by atoms with Gasteiger partial charge in [-0.1, -0.05) is 36.4 Å². The first-order valence-electron chi connectivity index (χ1n) is 11.1. The number of methoxy groups -OCH3 is 1. The summed E-state index contributed by atoms with van der Waals surface area (Å²) in [5.74, 6) is 2.96. The highest BCUT2D eigenvalue weighted by molar-refractivity contribution is 5.66.